The molecule has 0 radical (unpaired) electrons. The molecule has 3 heteroatoms. The van der Waals surface area contributed by atoms with Crippen molar-refractivity contribution in [2.24, 2.45) is 0 Å². The number of hydrogen-bond donors (Lipinski definition) is 1. The molecular weight excluding hydrogens is 180 g/mol. The van der Waals surface area contributed by atoms with Crippen LogP contribution in [0.15, 0.2) is 0 Å². The summed E-state index contributed by atoms with van der Waals surface area (Å²) in [6, 6.07) is 0. The fourth-order valence-corrected chi connectivity index (χ4v) is 1.19. The average Bonchev–Trinajstić information content (AvgIpc) is 2.11. The lowest BCUT2D eigenvalue weighted by molar-refractivity contribution is -0.157. The molecule has 14 heavy (non-hydrogen) atoms. The van der Waals surface area contributed by atoms with Gasteiger partial charge < -0.3 is 9.84 Å². The van der Waals surface area contributed by atoms with Gasteiger partial charge in [0.25, 0.3) is 0 Å². The van der Waals surface area contributed by atoms with Crippen molar-refractivity contribution in [1.82, 2.24) is 0 Å². The largest absolute Gasteiger partial charge is 0.461 e. The van der Waals surface area contributed by atoms with Crippen molar-refractivity contribution < 1.29 is 14.6 Å². The maximum absolute atomic E-state index is 11.1. The van der Waals surface area contributed by atoms with E-state index in [1.807, 2.05) is 0 Å². The minimum absolute atomic E-state index is 0.146. The highest BCUT2D eigenvalue weighted by Crippen LogP contribution is 2.07. The van der Waals surface area contributed by atoms with Crippen molar-refractivity contribution in [3.63, 3.8) is 0 Å². The molecule has 0 fully saturated rings. The Labute approximate surface area is 86.5 Å². The summed E-state index contributed by atoms with van der Waals surface area (Å²) in [5.74, 6) is -0.489. The zero-order chi connectivity index (χ0) is 11.0. The molecule has 0 aliphatic carbocycles. The van der Waals surface area contributed by atoms with E-state index in [-0.39, 0.29) is 6.10 Å². The Morgan fingerprint density at radius 3 is 2.43 bits per heavy atom. The van der Waals surface area contributed by atoms with Crippen LogP contribution in [0.2, 0.25) is 0 Å². The number of carbonyl (C=O) groups is 1. The second-order valence-electron chi connectivity index (χ2n) is 3.85. The minimum atomic E-state index is -0.936. The smallest absolute Gasteiger partial charge is 0.335 e. The number of ether oxygens (including phenoxy) is 1. The molecule has 0 saturated carbocycles. The first-order valence-corrected chi connectivity index (χ1v) is 5.46. The Morgan fingerprint density at radius 2 is 1.93 bits per heavy atom. The predicted octanol–water partition coefficient (Wildman–Crippen LogP) is 2.27. The molecular formula is C11H22O3. The molecule has 0 aliphatic heterocycles. The third-order valence-corrected chi connectivity index (χ3v) is 1.96. The molecule has 0 heterocycles. The Hall–Kier alpha value is -0.570. The number of aliphatic hydroxyl groups excluding tert-OH is 1. The van der Waals surface area contributed by atoms with Crippen LogP contribution in [-0.2, 0) is 9.53 Å². The Morgan fingerprint density at radius 1 is 1.29 bits per heavy atom. The average molecular weight is 202 g/mol. The fraction of sp³-hybridized carbons (Fsp3) is 0.909. The van der Waals surface area contributed by atoms with E-state index in [0.29, 0.717) is 6.42 Å². The number of hydrogen-bond acceptors (Lipinski definition) is 3. The third kappa shape index (κ3) is 6.89. The van der Waals surface area contributed by atoms with Crippen molar-refractivity contribution in [2.75, 3.05) is 0 Å². The second kappa shape index (κ2) is 7.80. The van der Waals surface area contributed by atoms with Crippen LogP contribution in [0.1, 0.15) is 52.9 Å². The van der Waals surface area contributed by atoms with Gasteiger partial charge in [-0.1, -0.05) is 32.6 Å². The normalized spacial score (nSPS) is 12.9. The Balaban J connectivity index is 3.52. The minimum Gasteiger partial charge on any atom is -0.461 e. The van der Waals surface area contributed by atoms with E-state index in [0.717, 1.165) is 25.7 Å². The summed E-state index contributed by atoms with van der Waals surface area (Å²) in [5, 5.41) is 9.39. The van der Waals surface area contributed by atoms with Crippen LogP contribution in [0.4, 0.5) is 0 Å². The van der Waals surface area contributed by atoms with Crippen LogP contribution in [-0.4, -0.2) is 23.3 Å². The highest BCUT2D eigenvalue weighted by atomic mass is 16.6. The quantitative estimate of drug-likeness (QED) is 0.509. The number of esters is 1. The number of aliphatic hydroxyl groups is 1. The van der Waals surface area contributed by atoms with Crippen molar-refractivity contribution in [3.05, 3.63) is 0 Å². The molecule has 0 aliphatic rings. The molecule has 1 unspecified atom stereocenters. The molecule has 3 nitrogen and oxygen atoms in total. The number of unbranched alkanes of at least 4 members (excludes halogenated alkanes) is 3. The van der Waals surface area contributed by atoms with Gasteiger partial charge in [0.1, 0.15) is 0 Å². The van der Waals surface area contributed by atoms with E-state index in [1.54, 1.807) is 13.8 Å². The molecule has 0 aromatic rings. The van der Waals surface area contributed by atoms with Crippen LogP contribution in [0.3, 0.4) is 0 Å². The van der Waals surface area contributed by atoms with Crippen LogP contribution >= 0.6 is 0 Å². The molecule has 0 aromatic heterocycles. The van der Waals surface area contributed by atoms with Gasteiger partial charge in [0.05, 0.1) is 6.10 Å². The molecule has 1 N–H and O–H groups in total. The van der Waals surface area contributed by atoms with E-state index in [1.165, 1.54) is 0 Å². The second-order valence-corrected chi connectivity index (χ2v) is 3.85. The number of rotatable bonds is 7. The van der Waals surface area contributed by atoms with Gasteiger partial charge in [-0.2, -0.15) is 0 Å². The standard InChI is InChI=1S/C11H22O3/c1-4-5-6-7-8-10(12)11(13)14-9(2)3/h9-10,12H,4-8H2,1-3H3. The Bertz CT molecular complexity index is 155. The van der Waals surface area contributed by atoms with Crippen LogP contribution in [0.5, 0.6) is 0 Å². The molecule has 0 amide bonds. The summed E-state index contributed by atoms with van der Waals surface area (Å²) in [7, 11) is 0. The van der Waals surface area contributed by atoms with E-state index in [4.69, 9.17) is 4.74 Å². The van der Waals surface area contributed by atoms with Gasteiger partial charge >= 0.3 is 5.97 Å². The molecule has 0 rings (SSSR count). The first-order valence-electron chi connectivity index (χ1n) is 5.46. The maximum Gasteiger partial charge on any atom is 0.335 e. The van der Waals surface area contributed by atoms with Gasteiger partial charge in [0.15, 0.2) is 6.10 Å². The molecule has 1 atom stereocenters. The van der Waals surface area contributed by atoms with Crippen molar-refractivity contribution in [3.8, 4) is 0 Å². The first kappa shape index (κ1) is 13.4. The van der Waals surface area contributed by atoms with Crippen LogP contribution < -0.4 is 0 Å². The van der Waals surface area contributed by atoms with Crippen molar-refractivity contribution in [1.29, 1.82) is 0 Å². The SMILES string of the molecule is CCCCCCC(O)C(=O)OC(C)C. The summed E-state index contributed by atoms with van der Waals surface area (Å²) in [6.07, 6.45) is 3.72. The fourth-order valence-electron chi connectivity index (χ4n) is 1.19. The van der Waals surface area contributed by atoms with Gasteiger partial charge in [0, 0.05) is 0 Å². The first-order chi connectivity index (χ1) is 6.57. The van der Waals surface area contributed by atoms with Gasteiger partial charge in [-0.25, -0.2) is 4.79 Å². The molecule has 0 bridgehead atoms. The lowest BCUT2D eigenvalue weighted by Crippen LogP contribution is -2.25. The monoisotopic (exact) mass is 202 g/mol. The van der Waals surface area contributed by atoms with Gasteiger partial charge in [-0.3, -0.25) is 0 Å². The molecule has 0 aromatic carbocycles. The van der Waals surface area contributed by atoms with E-state index >= 15 is 0 Å². The lowest BCUT2D eigenvalue weighted by atomic mass is 10.1. The van der Waals surface area contributed by atoms with Crippen LogP contribution in [0, 0.1) is 0 Å². The van der Waals surface area contributed by atoms with E-state index < -0.39 is 12.1 Å². The molecule has 0 spiro atoms. The number of carbonyl (C=O) groups excluding carboxylic acids is 1. The Kier molecular flexibility index (Phi) is 7.48. The summed E-state index contributed by atoms with van der Waals surface area (Å²) in [6.45, 7) is 5.69. The van der Waals surface area contributed by atoms with Gasteiger partial charge in [-0.15, -0.1) is 0 Å². The highest BCUT2D eigenvalue weighted by Gasteiger charge is 2.16. The zero-order valence-corrected chi connectivity index (χ0v) is 9.45. The topological polar surface area (TPSA) is 46.5 Å². The van der Waals surface area contributed by atoms with Crippen molar-refractivity contribution in [2.45, 2.75) is 65.1 Å². The summed E-state index contributed by atoms with van der Waals surface area (Å²) < 4.78 is 4.88. The van der Waals surface area contributed by atoms with E-state index in [2.05, 4.69) is 6.92 Å². The summed E-state index contributed by atoms with van der Waals surface area (Å²) in [5.41, 5.74) is 0. The predicted molar refractivity (Wildman–Crippen MR) is 56.0 cm³/mol. The highest BCUT2D eigenvalue weighted by molar-refractivity contribution is 5.74. The maximum atomic E-state index is 11.1. The van der Waals surface area contributed by atoms with Gasteiger partial charge in [0.2, 0.25) is 0 Å². The summed E-state index contributed by atoms with van der Waals surface area (Å²) >= 11 is 0. The van der Waals surface area contributed by atoms with E-state index in [9.17, 15) is 9.90 Å². The van der Waals surface area contributed by atoms with Crippen molar-refractivity contribution >= 4 is 5.97 Å². The van der Waals surface area contributed by atoms with Gasteiger partial charge in [-0.05, 0) is 20.3 Å². The summed E-state index contributed by atoms with van der Waals surface area (Å²) in [4.78, 5) is 11.1. The third-order valence-electron chi connectivity index (χ3n) is 1.96. The molecule has 84 valence electrons. The lowest BCUT2D eigenvalue weighted by Gasteiger charge is -2.12. The van der Waals surface area contributed by atoms with Crippen LogP contribution in [0.25, 0.3) is 0 Å². The zero-order valence-electron chi connectivity index (χ0n) is 9.45. The molecule has 0 saturated heterocycles.